The third kappa shape index (κ3) is 8.25. The van der Waals surface area contributed by atoms with Crippen LogP contribution in [0.15, 0.2) is 262 Å². The molecule has 0 saturated carbocycles. The van der Waals surface area contributed by atoms with Crippen molar-refractivity contribution in [3.8, 4) is 67.0 Å². The Labute approximate surface area is 382 Å². The summed E-state index contributed by atoms with van der Waals surface area (Å²) in [6.07, 6.45) is 0. The highest BCUT2D eigenvalue weighted by Crippen LogP contribution is 2.41. The molecule has 0 saturated heterocycles. The first-order chi connectivity index (χ1) is 31.7. The van der Waals surface area contributed by atoms with Gasteiger partial charge in [-0.1, -0.05) is 206 Å². The van der Waals surface area contributed by atoms with Crippen molar-refractivity contribution in [2.45, 2.75) is 19.6 Å². The van der Waals surface area contributed by atoms with Crippen LogP contribution in [0.1, 0.15) is 0 Å². The Hall–Kier alpha value is -7.50. The summed E-state index contributed by atoms with van der Waals surface area (Å²) >= 11 is 3.53. The molecule has 0 aliphatic carbocycles. The molecule has 11 rings (SSSR count). The number of pyridine rings is 2. The summed E-state index contributed by atoms with van der Waals surface area (Å²) in [4.78, 5) is 15.9. The molecule has 0 aliphatic heterocycles. The van der Waals surface area contributed by atoms with Crippen molar-refractivity contribution in [3.05, 3.63) is 243 Å². The van der Waals surface area contributed by atoms with E-state index >= 15 is 0 Å². The van der Waals surface area contributed by atoms with E-state index in [1.54, 1.807) is 23.5 Å². The second-order valence-electron chi connectivity index (χ2n) is 15.7. The van der Waals surface area contributed by atoms with E-state index in [0.717, 1.165) is 66.6 Å². The molecule has 2 nitrogen and oxygen atoms in total. The van der Waals surface area contributed by atoms with Crippen LogP contribution < -0.4 is 0 Å². The smallest absolute Gasteiger partial charge is 0.0978 e. The van der Waals surface area contributed by atoms with Crippen LogP contribution in [0.3, 0.4) is 0 Å². The first-order valence-corrected chi connectivity index (χ1v) is 23.1. The van der Waals surface area contributed by atoms with Crippen LogP contribution in [-0.4, -0.2) is 9.97 Å². The molecule has 302 valence electrons. The molecular weight excluding hydrogens is 813 g/mol. The maximum Gasteiger partial charge on any atom is 0.0978 e. The van der Waals surface area contributed by atoms with Gasteiger partial charge in [-0.15, -0.1) is 0 Å². The molecule has 0 aliphatic rings. The van der Waals surface area contributed by atoms with E-state index in [4.69, 9.17) is 9.97 Å². The van der Waals surface area contributed by atoms with E-state index in [0.29, 0.717) is 0 Å². The fourth-order valence-corrected chi connectivity index (χ4v) is 10.0. The van der Waals surface area contributed by atoms with Gasteiger partial charge in [-0.25, -0.2) is 9.97 Å². The molecule has 0 fully saturated rings. The van der Waals surface area contributed by atoms with E-state index in [1.807, 2.05) is 0 Å². The summed E-state index contributed by atoms with van der Waals surface area (Å²) in [5.74, 6) is 0. The monoisotopic (exact) mass is 852 g/mol. The second-order valence-corrected chi connectivity index (χ2v) is 18.0. The molecule has 2 aromatic heterocycles. The number of hydrogen-bond acceptors (Lipinski definition) is 4. The molecule has 11 aromatic rings. The molecule has 4 heteroatoms. The van der Waals surface area contributed by atoms with Crippen molar-refractivity contribution in [2.75, 3.05) is 0 Å². The van der Waals surface area contributed by atoms with Crippen LogP contribution in [-0.2, 0) is 0 Å². The molecular formula is C60H40N2S2. The van der Waals surface area contributed by atoms with Gasteiger partial charge in [0.15, 0.2) is 0 Å². The highest BCUT2D eigenvalue weighted by atomic mass is 32.2. The zero-order valence-electron chi connectivity index (χ0n) is 34.8. The molecule has 0 amide bonds. The number of aromatic nitrogens is 2. The standard InChI is InChI=1S/C60H40N2S2/c1-5-13-41(14-6-1)43-21-25-45(26-22-43)55-39-57(47-29-33-51(34-30-47)63-49-17-9-3-10-18-49)61-59-53(55)37-38-54-56(46-27-23-44(24-28-46)42-15-7-2-8-16-42)40-58(62-60(54)59)48-31-35-52(36-32-48)64-50-19-11-4-12-20-50/h1-40H. The first-order valence-electron chi connectivity index (χ1n) is 21.5. The van der Waals surface area contributed by atoms with Crippen LogP contribution >= 0.6 is 23.5 Å². The van der Waals surface area contributed by atoms with Crippen molar-refractivity contribution >= 4 is 45.3 Å². The van der Waals surface area contributed by atoms with Crippen LogP contribution in [0.25, 0.3) is 88.8 Å². The van der Waals surface area contributed by atoms with E-state index in [2.05, 4.69) is 243 Å². The largest absolute Gasteiger partial charge is 0.245 e. The topological polar surface area (TPSA) is 25.8 Å². The highest BCUT2D eigenvalue weighted by molar-refractivity contribution is 7.99. The van der Waals surface area contributed by atoms with Gasteiger partial charge in [0.1, 0.15) is 0 Å². The third-order valence-electron chi connectivity index (χ3n) is 11.6. The summed E-state index contributed by atoms with van der Waals surface area (Å²) < 4.78 is 0. The maximum atomic E-state index is 5.55. The number of benzene rings is 9. The minimum absolute atomic E-state index is 0.875. The second kappa shape index (κ2) is 17.7. The fourth-order valence-electron chi connectivity index (χ4n) is 8.33. The quantitative estimate of drug-likeness (QED) is 0.128. The average molecular weight is 853 g/mol. The van der Waals surface area contributed by atoms with Crippen LogP contribution in [0.4, 0.5) is 0 Å². The van der Waals surface area contributed by atoms with Gasteiger partial charge < -0.3 is 0 Å². The summed E-state index contributed by atoms with van der Waals surface area (Å²) in [5, 5.41) is 2.12. The van der Waals surface area contributed by atoms with Gasteiger partial charge in [0.05, 0.1) is 22.4 Å². The Morgan fingerprint density at radius 1 is 0.234 bits per heavy atom. The van der Waals surface area contributed by atoms with Crippen LogP contribution in [0, 0.1) is 0 Å². The van der Waals surface area contributed by atoms with Gasteiger partial charge >= 0.3 is 0 Å². The normalized spacial score (nSPS) is 11.2. The molecule has 0 atom stereocenters. The van der Waals surface area contributed by atoms with Crippen molar-refractivity contribution in [1.29, 1.82) is 0 Å². The number of nitrogens with zero attached hydrogens (tertiary/aromatic N) is 2. The third-order valence-corrected chi connectivity index (χ3v) is 13.7. The SMILES string of the molecule is c1ccc(Sc2ccc(-c3cc(-c4ccc(-c5ccccc5)cc4)c4ccc5c(-c6ccc(-c7ccccc7)cc6)cc(-c6ccc(Sc7ccccc7)cc6)nc5c4n3)cc2)cc1. The van der Waals surface area contributed by atoms with E-state index in [9.17, 15) is 0 Å². The number of rotatable bonds is 10. The zero-order chi connectivity index (χ0) is 42.7. The van der Waals surface area contributed by atoms with E-state index < -0.39 is 0 Å². The summed E-state index contributed by atoms with van der Waals surface area (Å²) in [6, 6.07) is 86.6. The Kier molecular flexibility index (Phi) is 10.9. The average Bonchev–Trinajstić information content (AvgIpc) is 3.37. The summed E-state index contributed by atoms with van der Waals surface area (Å²) in [7, 11) is 0. The summed E-state index contributed by atoms with van der Waals surface area (Å²) in [5.41, 5.74) is 14.9. The molecule has 0 unspecified atom stereocenters. The minimum Gasteiger partial charge on any atom is -0.245 e. The van der Waals surface area contributed by atoms with Gasteiger partial charge in [0.25, 0.3) is 0 Å². The van der Waals surface area contributed by atoms with Crippen molar-refractivity contribution in [1.82, 2.24) is 9.97 Å². The molecule has 0 bridgehead atoms. The Morgan fingerprint density at radius 2 is 0.516 bits per heavy atom. The number of fused-ring (bicyclic) bond motifs is 3. The maximum absolute atomic E-state index is 5.55. The Morgan fingerprint density at radius 3 is 0.875 bits per heavy atom. The molecule has 0 radical (unpaired) electrons. The van der Waals surface area contributed by atoms with Gasteiger partial charge in [-0.2, -0.15) is 0 Å². The Balaban J connectivity index is 1.09. The number of hydrogen-bond donors (Lipinski definition) is 0. The molecule has 2 heterocycles. The predicted octanol–water partition coefficient (Wildman–Crippen LogP) is 17.1. The predicted molar refractivity (Wildman–Crippen MR) is 271 cm³/mol. The lowest BCUT2D eigenvalue weighted by Crippen LogP contribution is -1.96. The Bertz CT molecular complexity index is 3130. The van der Waals surface area contributed by atoms with E-state index in [-0.39, 0.29) is 0 Å². The minimum atomic E-state index is 0.875. The fraction of sp³-hybridized carbons (Fsp3) is 0. The first kappa shape index (κ1) is 39.4. The van der Waals surface area contributed by atoms with Crippen LogP contribution in [0.2, 0.25) is 0 Å². The van der Waals surface area contributed by atoms with E-state index in [1.165, 1.54) is 41.8 Å². The van der Waals surface area contributed by atoms with Gasteiger partial charge in [0.2, 0.25) is 0 Å². The van der Waals surface area contributed by atoms with Gasteiger partial charge in [-0.05, 0) is 105 Å². The lowest BCUT2D eigenvalue weighted by atomic mass is 9.92. The van der Waals surface area contributed by atoms with Gasteiger partial charge in [-0.3, -0.25) is 0 Å². The zero-order valence-corrected chi connectivity index (χ0v) is 36.4. The molecule has 0 spiro atoms. The lowest BCUT2D eigenvalue weighted by Gasteiger charge is -2.16. The molecule has 9 aromatic carbocycles. The summed E-state index contributed by atoms with van der Waals surface area (Å²) in [6.45, 7) is 0. The van der Waals surface area contributed by atoms with Crippen molar-refractivity contribution < 1.29 is 0 Å². The molecule has 64 heavy (non-hydrogen) atoms. The van der Waals surface area contributed by atoms with Crippen molar-refractivity contribution in [2.24, 2.45) is 0 Å². The molecule has 0 N–H and O–H groups in total. The van der Waals surface area contributed by atoms with Gasteiger partial charge in [0, 0.05) is 41.5 Å². The lowest BCUT2D eigenvalue weighted by molar-refractivity contribution is 1.34. The van der Waals surface area contributed by atoms with Crippen molar-refractivity contribution in [3.63, 3.8) is 0 Å². The van der Waals surface area contributed by atoms with Crippen LogP contribution in [0.5, 0.6) is 0 Å². The highest BCUT2D eigenvalue weighted by Gasteiger charge is 2.18.